The maximum atomic E-state index is 12.7. The number of carbonyl (C=O) groups is 1. The van der Waals surface area contributed by atoms with E-state index >= 15 is 0 Å². The number of amides is 1. The monoisotopic (exact) mass is 437 g/mol. The Morgan fingerprint density at radius 1 is 1.03 bits per heavy atom. The molecule has 31 heavy (non-hydrogen) atoms. The molecule has 1 amide bonds. The van der Waals surface area contributed by atoms with Crippen LogP contribution in [-0.2, 0) is 16.6 Å². The van der Waals surface area contributed by atoms with Crippen molar-refractivity contribution >= 4 is 21.6 Å². The molecule has 0 aliphatic heterocycles. The van der Waals surface area contributed by atoms with Gasteiger partial charge in [0.1, 0.15) is 11.5 Å². The average molecular weight is 437 g/mol. The summed E-state index contributed by atoms with van der Waals surface area (Å²) in [5, 5.41) is 2.67. The van der Waals surface area contributed by atoms with Gasteiger partial charge in [0.25, 0.3) is 5.91 Å². The van der Waals surface area contributed by atoms with Crippen LogP contribution in [0.5, 0.6) is 0 Å². The number of hydrogen-bond acceptors (Lipinski definition) is 6. The molecule has 0 bridgehead atoms. The van der Waals surface area contributed by atoms with Crippen LogP contribution in [0.15, 0.2) is 86.7 Å². The predicted molar refractivity (Wildman–Crippen MR) is 114 cm³/mol. The van der Waals surface area contributed by atoms with E-state index in [0.29, 0.717) is 23.1 Å². The van der Waals surface area contributed by atoms with Gasteiger partial charge >= 0.3 is 0 Å². The lowest BCUT2D eigenvalue weighted by atomic mass is 10.2. The van der Waals surface area contributed by atoms with Gasteiger partial charge in [0.15, 0.2) is 5.69 Å². The van der Waals surface area contributed by atoms with Crippen molar-refractivity contribution in [2.45, 2.75) is 18.4 Å². The number of oxazole rings is 1. The fourth-order valence-electron chi connectivity index (χ4n) is 2.91. The molecule has 0 atom stereocenters. The summed E-state index contributed by atoms with van der Waals surface area (Å²) in [4.78, 5) is 17.0. The first-order chi connectivity index (χ1) is 14.9. The van der Waals surface area contributed by atoms with Gasteiger partial charge in [-0.15, -0.1) is 0 Å². The first-order valence-electron chi connectivity index (χ1n) is 9.39. The number of sulfonamides is 1. The average Bonchev–Trinajstić information content (AvgIpc) is 3.43. The van der Waals surface area contributed by atoms with E-state index in [0.717, 1.165) is 5.56 Å². The van der Waals surface area contributed by atoms with Gasteiger partial charge in [0.2, 0.25) is 15.9 Å². The smallest absolute Gasteiger partial charge is 0.277 e. The summed E-state index contributed by atoms with van der Waals surface area (Å²) >= 11 is 0. The van der Waals surface area contributed by atoms with Crippen LogP contribution in [-0.4, -0.2) is 19.3 Å². The van der Waals surface area contributed by atoms with Gasteiger partial charge < -0.3 is 14.2 Å². The zero-order valence-electron chi connectivity index (χ0n) is 16.5. The van der Waals surface area contributed by atoms with E-state index in [9.17, 15) is 13.2 Å². The predicted octanol–water partition coefficient (Wildman–Crippen LogP) is 3.97. The normalized spacial score (nSPS) is 11.4. The van der Waals surface area contributed by atoms with E-state index in [1.165, 1.54) is 18.4 Å². The number of hydrogen-bond donors (Lipinski definition) is 2. The number of anilines is 1. The van der Waals surface area contributed by atoms with Gasteiger partial charge in [-0.05, 0) is 49.4 Å². The number of nitrogens with one attached hydrogen (secondary N) is 2. The van der Waals surface area contributed by atoms with Crippen molar-refractivity contribution in [1.82, 2.24) is 9.71 Å². The second-order valence-corrected chi connectivity index (χ2v) is 8.44. The van der Waals surface area contributed by atoms with E-state index in [1.54, 1.807) is 31.2 Å². The summed E-state index contributed by atoms with van der Waals surface area (Å²) < 4.78 is 38.3. The molecule has 9 heteroatoms. The highest BCUT2D eigenvalue weighted by molar-refractivity contribution is 7.89. The van der Waals surface area contributed by atoms with Gasteiger partial charge in [-0.1, -0.05) is 24.3 Å². The van der Waals surface area contributed by atoms with Gasteiger partial charge in [-0.3, -0.25) is 4.79 Å². The third-order valence-corrected chi connectivity index (χ3v) is 5.85. The summed E-state index contributed by atoms with van der Waals surface area (Å²) in [7, 11) is -3.79. The second-order valence-electron chi connectivity index (χ2n) is 6.68. The highest BCUT2D eigenvalue weighted by atomic mass is 32.2. The topological polar surface area (TPSA) is 114 Å². The number of benzene rings is 2. The van der Waals surface area contributed by atoms with Gasteiger partial charge in [0.05, 0.1) is 17.7 Å². The summed E-state index contributed by atoms with van der Waals surface area (Å²) in [5.41, 5.74) is 1.19. The van der Waals surface area contributed by atoms with Crippen molar-refractivity contribution in [3.63, 3.8) is 0 Å². The molecule has 2 N–H and O–H groups in total. The van der Waals surface area contributed by atoms with E-state index in [1.807, 2.05) is 30.3 Å². The Morgan fingerprint density at radius 3 is 2.58 bits per heavy atom. The first kappa shape index (κ1) is 20.6. The van der Waals surface area contributed by atoms with Crippen molar-refractivity contribution in [3.05, 3.63) is 90.2 Å². The number of aryl methyl sites for hydroxylation is 1. The Balaban J connectivity index is 1.50. The quantitative estimate of drug-likeness (QED) is 0.452. The van der Waals surface area contributed by atoms with Crippen LogP contribution in [0.1, 0.15) is 22.0 Å². The van der Waals surface area contributed by atoms with Crippen molar-refractivity contribution < 1.29 is 22.0 Å². The number of furan rings is 1. The van der Waals surface area contributed by atoms with Crippen molar-refractivity contribution in [3.8, 4) is 11.5 Å². The third-order valence-electron chi connectivity index (χ3n) is 4.45. The molecule has 0 unspecified atom stereocenters. The molecule has 2 aromatic heterocycles. The minimum absolute atomic E-state index is 0.0127. The van der Waals surface area contributed by atoms with Gasteiger partial charge in [-0.25, -0.2) is 18.1 Å². The molecular formula is C22H19N3O5S. The Kier molecular flexibility index (Phi) is 5.70. The van der Waals surface area contributed by atoms with E-state index < -0.39 is 15.9 Å². The zero-order valence-corrected chi connectivity index (χ0v) is 17.3. The van der Waals surface area contributed by atoms with E-state index in [2.05, 4.69) is 15.0 Å². The molecule has 8 nitrogen and oxygen atoms in total. The molecule has 0 saturated heterocycles. The summed E-state index contributed by atoms with van der Waals surface area (Å²) in [5.74, 6) is 0.687. The van der Waals surface area contributed by atoms with Crippen LogP contribution in [0.3, 0.4) is 0 Å². The minimum Gasteiger partial charge on any atom is -0.468 e. The van der Waals surface area contributed by atoms with Crippen molar-refractivity contribution in [2.24, 2.45) is 0 Å². The van der Waals surface area contributed by atoms with Crippen molar-refractivity contribution in [2.75, 3.05) is 5.32 Å². The lowest BCUT2D eigenvalue weighted by molar-refractivity contribution is 0.102. The Labute approximate surface area is 179 Å². The maximum Gasteiger partial charge on any atom is 0.277 e. The molecule has 0 fully saturated rings. The number of carbonyl (C=O) groups excluding carboxylic acids is 1. The maximum absolute atomic E-state index is 12.7. The number of rotatable bonds is 7. The molecule has 2 heterocycles. The van der Waals surface area contributed by atoms with Crippen LogP contribution < -0.4 is 10.0 Å². The molecule has 0 aliphatic carbocycles. The number of aromatic nitrogens is 1. The van der Waals surface area contributed by atoms with Gasteiger partial charge in [-0.2, -0.15) is 0 Å². The summed E-state index contributed by atoms with van der Waals surface area (Å²) in [6.45, 7) is 1.67. The Bertz CT molecular complexity index is 1300. The standard InChI is InChI=1S/C22H19N3O5S/c1-15-20(25-22(30-15)16-7-3-2-4-8-16)21(26)24-17-9-5-11-19(13-17)31(27,28)23-14-18-10-6-12-29-18/h2-13,23H,14H2,1H3,(H,24,26). The molecule has 0 aliphatic rings. The molecule has 2 aromatic carbocycles. The fourth-order valence-corrected chi connectivity index (χ4v) is 3.94. The van der Waals surface area contributed by atoms with Crippen LogP contribution in [0.4, 0.5) is 5.69 Å². The molecule has 0 radical (unpaired) electrons. The molecule has 4 aromatic rings. The van der Waals surface area contributed by atoms with Crippen molar-refractivity contribution in [1.29, 1.82) is 0 Å². The Hall–Kier alpha value is -3.69. The third kappa shape index (κ3) is 4.73. The van der Waals surface area contributed by atoms with Crippen LogP contribution >= 0.6 is 0 Å². The molecule has 0 saturated carbocycles. The largest absolute Gasteiger partial charge is 0.468 e. The lowest BCUT2D eigenvalue weighted by Gasteiger charge is -2.08. The molecule has 0 spiro atoms. The highest BCUT2D eigenvalue weighted by Crippen LogP contribution is 2.23. The lowest BCUT2D eigenvalue weighted by Crippen LogP contribution is -2.23. The molecule has 4 rings (SSSR count). The SMILES string of the molecule is Cc1oc(-c2ccccc2)nc1C(=O)Nc1cccc(S(=O)(=O)NCc2ccco2)c1. The second kappa shape index (κ2) is 8.58. The van der Waals surface area contributed by atoms with Gasteiger partial charge in [0, 0.05) is 11.3 Å². The fraction of sp³-hybridized carbons (Fsp3) is 0.0909. The van der Waals surface area contributed by atoms with Crippen LogP contribution in [0, 0.1) is 6.92 Å². The summed E-state index contributed by atoms with van der Waals surface area (Å²) in [6.07, 6.45) is 1.47. The van der Waals surface area contributed by atoms with Crippen LogP contribution in [0.2, 0.25) is 0 Å². The van der Waals surface area contributed by atoms with E-state index in [4.69, 9.17) is 8.83 Å². The molecular weight excluding hydrogens is 418 g/mol. The first-order valence-corrected chi connectivity index (χ1v) is 10.9. The molecule has 158 valence electrons. The zero-order chi connectivity index (χ0) is 21.8. The van der Waals surface area contributed by atoms with E-state index in [-0.39, 0.29) is 17.1 Å². The minimum atomic E-state index is -3.79. The highest BCUT2D eigenvalue weighted by Gasteiger charge is 2.20. The number of nitrogens with zero attached hydrogens (tertiary/aromatic N) is 1. The summed E-state index contributed by atoms with van der Waals surface area (Å²) in [6, 6.07) is 18.5. The van der Waals surface area contributed by atoms with Crippen LogP contribution in [0.25, 0.3) is 11.5 Å². The Morgan fingerprint density at radius 2 is 1.84 bits per heavy atom.